The summed E-state index contributed by atoms with van der Waals surface area (Å²) in [6.07, 6.45) is -3.14. The van der Waals surface area contributed by atoms with Crippen LogP contribution in [0.1, 0.15) is 54.5 Å². The van der Waals surface area contributed by atoms with Crippen molar-refractivity contribution in [2.24, 2.45) is 0 Å². The molecule has 1 atom stereocenters. The molecule has 41 heavy (non-hydrogen) atoms. The number of aliphatic hydroxyl groups is 1. The Morgan fingerprint density at radius 1 is 1.15 bits per heavy atom. The van der Waals surface area contributed by atoms with E-state index in [1.54, 1.807) is 45.0 Å². The second kappa shape index (κ2) is 10.3. The zero-order chi connectivity index (χ0) is 29.6. The zero-order valence-corrected chi connectivity index (χ0v) is 22.8. The molecule has 0 radical (unpaired) electrons. The van der Waals surface area contributed by atoms with Crippen LogP contribution in [0.15, 0.2) is 48.7 Å². The van der Waals surface area contributed by atoms with Crippen LogP contribution in [0, 0.1) is 0 Å². The number of nitrogens with zero attached hydrogens (tertiary/aromatic N) is 4. The zero-order valence-electron chi connectivity index (χ0n) is 22.8. The molecule has 0 aliphatic carbocycles. The summed E-state index contributed by atoms with van der Waals surface area (Å²) in [7, 11) is 0. The number of benzene rings is 2. The van der Waals surface area contributed by atoms with Crippen molar-refractivity contribution < 1.29 is 32.9 Å². The number of rotatable bonds is 9. The van der Waals surface area contributed by atoms with Crippen molar-refractivity contribution in [3.05, 3.63) is 71.2 Å². The van der Waals surface area contributed by atoms with E-state index < -0.39 is 36.1 Å². The van der Waals surface area contributed by atoms with Gasteiger partial charge in [0.25, 0.3) is 0 Å². The summed E-state index contributed by atoms with van der Waals surface area (Å²) in [6, 6.07) is 11.5. The van der Waals surface area contributed by atoms with Crippen LogP contribution in [-0.4, -0.2) is 60.9 Å². The van der Waals surface area contributed by atoms with Gasteiger partial charge in [0.15, 0.2) is 11.2 Å². The normalized spacial score (nSPS) is 14.9. The predicted molar refractivity (Wildman–Crippen MR) is 146 cm³/mol. The Morgan fingerprint density at radius 2 is 1.90 bits per heavy atom. The molecular weight excluding hydrogens is 539 g/mol. The fraction of sp³-hybridized carbons (Fsp3) is 0.379. The minimum Gasteiger partial charge on any atom is -0.493 e. The third-order valence-electron chi connectivity index (χ3n) is 7.38. The van der Waals surface area contributed by atoms with Crippen molar-refractivity contribution in [2.45, 2.75) is 57.2 Å². The molecule has 3 heterocycles. The van der Waals surface area contributed by atoms with Gasteiger partial charge in [-0.15, -0.1) is 0 Å². The van der Waals surface area contributed by atoms with Gasteiger partial charge in [0.05, 0.1) is 36.0 Å². The first-order valence-electron chi connectivity index (χ1n) is 13.2. The molecule has 12 heteroatoms. The molecule has 0 bridgehead atoms. The molecule has 9 nitrogen and oxygen atoms in total. The number of nitrogens with one attached hydrogen (secondary N) is 1. The van der Waals surface area contributed by atoms with Crippen molar-refractivity contribution in [1.82, 2.24) is 19.7 Å². The minimum absolute atomic E-state index is 0.0431. The number of aromatic nitrogens is 4. The molecule has 1 unspecified atom stereocenters. The van der Waals surface area contributed by atoms with Gasteiger partial charge in [-0.05, 0) is 35.6 Å². The summed E-state index contributed by atoms with van der Waals surface area (Å²) < 4.78 is 50.6. The summed E-state index contributed by atoms with van der Waals surface area (Å²) >= 11 is 0. The van der Waals surface area contributed by atoms with E-state index >= 15 is 0 Å². The Morgan fingerprint density at radius 3 is 2.61 bits per heavy atom. The van der Waals surface area contributed by atoms with E-state index in [1.807, 2.05) is 6.07 Å². The number of anilines is 1. The molecule has 4 aromatic rings. The summed E-state index contributed by atoms with van der Waals surface area (Å²) in [5.74, 6) is -0.115. The fourth-order valence-corrected chi connectivity index (χ4v) is 5.27. The van der Waals surface area contributed by atoms with Crippen molar-refractivity contribution in [2.75, 3.05) is 18.5 Å². The Labute approximate surface area is 234 Å². The average molecular weight is 570 g/mol. The fourth-order valence-electron chi connectivity index (χ4n) is 5.27. The maximum Gasteiger partial charge on any atom is 0.418 e. The lowest BCUT2D eigenvalue weighted by Gasteiger charge is -2.38. The number of ether oxygens (including phenoxy) is 1. The number of carbonyl (C=O) groups is 1. The Kier molecular flexibility index (Phi) is 7.14. The summed E-state index contributed by atoms with van der Waals surface area (Å²) in [5, 5.41) is 27.9. The smallest absolute Gasteiger partial charge is 0.418 e. The molecule has 1 aliphatic heterocycles. The van der Waals surface area contributed by atoms with Gasteiger partial charge in [0, 0.05) is 18.4 Å². The second-order valence-electron chi connectivity index (χ2n) is 10.8. The first-order valence-corrected chi connectivity index (χ1v) is 13.2. The number of alkyl halides is 3. The predicted octanol–water partition coefficient (Wildman–Crippen LogP) is 5.08. The first kappa shape index (κ1) is 28.3. The highest BCUT2D eigenvalue weighted by atomic mass is 19.4. The molecule has 1 aliphatic rings. The monoisotopic (exact) mass is 569 g/mol. The van der Waals surface area contributed by atoms with Crippen LogP contribution in [0.4, 0.5) is 19.0 Å². The van der Waals surface area contributed by atoms with Crippen LogP contribution >= 0.6 is 0 Å². The van der Waals surface area contributed by atoms with Crippen LogP contribution in [0.2, 0.25) is 0 Å². The number of fused-ring (bicyclic) bond motifs is 2. The van der Waals surface area contributed by atoms with Gasteiger partial charge in [-0.3, -0.25) is 0 Å². The molecule has 0 spiro atoms. The van der Waals surface area contributed by atoms with E-state index in [9.17, 15) is 28.2 Å². The van der Waals surface area contributed by atoms with Gasteiger partial charge in [-0.2, -0.15) is 18.3 Å². The molecule has 0 saturated carbocycles. The molecule has 2 aromatic carbocycles. The van der Waals surface area contributed by atoms with Crippen LogP contribution in [0.25, 0.3) is 16.7 Å². The maximum absolute atomic E-state index is 14.5. The average Bonchev–Trinajstić information content (AvgIpc) is 3.58. The number of carboxylic acids is 1. The molecule has 0 amide bonds. The van der Waals surface area contributed by atoms with Gasteiger partial charge >= 0.3 is 12.1 Å². The van der Waals surface area contributed by atoms with E-state index in [-0.39, 0.29) is 17.0 Å². The molecule has 216 valence electrons. The summed E-state index contributed by atoms with van der Waals surface area (Å²) in [5.41, 5.74) is -1.91. The number of aryl methyl sites for hydroxylation is 1. The Hall–Kier alpha value is -4.19. The minimum atomic E-state index is -4.96. The van der Waals surface area contributed by atoms with E-state index in [2.05, 4.69) is 20.4 Å². The van der Waals surface area contributed by atoms with Gasteiger partial charge in [0.1, 0.15) is 17.4 Å². The van der Waals surface area contributed by atoms with Gasteiger partial charge < -0.3 is 20.3 Å². The topological polar surface area (TPSA) is 122 Å². The Balaban J connectivity index is 1.49. The number of hydrogen-bond donors (Lipinski definition) is 3. The number of hydrogen-bond acceptors (Lipinski definition) is 7. The lowest BCUT2D eigenvalue weighted by Crippen LogP contribution is -2.53. The van der Waals surface area contributed by atoms with Crippen LogP contribution < -0.4 is 10.1 Å². The van der Waals surface area contributed by atoms with Gasteiger partial charge in [0.2, 0.25) is 0 Å². The van der Waals surface area contributed by atoms with Crippen LogP contribution in [-0.2, 0) is 18.3 Å². The number of carboxylic acid groups (broad SMARTS) is 1. The molecule has 3 N–H and O–H groups in total. The van der Waals surface area contributed by atoms with E-state index in [4.69, 9.17) is 4.74 Å². The van der Waals surface area contributed by atoms with E-state index in [0.29, 0.717) is 47.7 Å². The van der Waals surface area contributed by atoms with Crippen molar-refractivity contribution in [3.63, 3.8) is 0 Å². The van der Waals surface area contributed by atoms with Gasteiger partial charge in [-0.1, -0.05) is 45.0 Å². The summed E-state index contributed by atoms with van der Waals surface area (Å²) in [6.45, 7) is 4.71. The lowest BCUT2D eigenvalue weighted by molar-refractivity contribution is -0.260. The quantitative estimate of drug-likeness (QED) is 0.255. The van der Waals surface area contributed by atoms with Crippen molar-refractivity contribution in [3.8, 4) is 11.4 Å². The number of aromatic carboxylic acids is 1. The van der Waals surface area contributed by atoms with E-state index in [0.717, 1.165) is 5.56 Å². The standard InChI is InChI=1S/C29H30F3N5O4/c1-4-22-35-24(20-14-34-37(25(20)36-22)19-9-5-8-18(13-19)26(38)39)33-16-28(40,29(30,31)32)15-27(2,3)21-10-6-7-17-11-12-41-23(17)21/h5-10,13-14,40H,4,11-12,15-16H2,1-3H3,(H,38,39)(H,33,35,36). The second-order valence-corrected chi connectivity index (χ2v) is 10.8. The molecule has 2 aromatic heterocycles. The third-order valence-corrected chi connectivity index (χ3v) is 7.38. The van der Waals surface area contributed by atoms with Crippen LogP contribution in [0.5, 0.6) is 5.75 Å². The van der Waals surface area contributed by atoms with Crippen molar-refractivity contribution >= 4 is 22.8 Å². The first-order chi connectivity index (χ1) is 19.3. The number of halogens is 3. The highest BCUT2D eigenvalue weighted by molar-refractivity contribution is 5.90. The SMILES string of the molecule is CCc1nc(NCC(O)(CC(C)(C)c2cccc3c2OCC3)C(F)(F)F)c2cnn(-c3cccc(C(=O)O)c3)c2n1. The van der Waals surface area contributed by atoms with Gasteiger partial charge in [-0.25, -0.2) is 19.4 Å². The highest BCUT2D eigenvalue weighted by Crippen LogP contribution is 2.45. The van der Waals surface area contributed by atoms with E-state index in [1.165, 1.54) is 23.0 Å². The maximum atomic E-state index is 14.5. The molecular formula is C29H30F3N5O4. The molecule has 0 fully saturated rings. The molecule has 5 rings (SSSR count). The molecule has 0 saturated heterocycles. The van der Waals surface area contributed by atoms with Crippen LogP contribution in [0.3, 0.4) is 0 Å². The Bertz CT molecular complexity index is 1620. The number of para-hydroxylation sites is 1. The summed E-state index contributed by atoms with van der Waals surface area (Å²) in [4.78, 5) is 20.3. The largest absolute Gasteiger partial charge is 0.493 e. The highest BCUT2D eigenvalue weighted by Gasteiger charge is 2.56. The lowest BCUT2D eigenvalue weighted by atomic mass is 9.74. The van der Waals surface area contributed by atoms with Crippen molar-refractivity contribution in [1.29, 1.82) is 0 Å². The third kappa shape index (κ3) is 5.31.